The Kier molecular flexibility index (Phi) is 5.50. The Labute approximate surface area is 121 Å². The molecule has 1 nitrogen and oxygen atoms in total. The molecule has 0 heterocycles. The summed E-state index contributed by atoms with van der Waals surface area (Å²) in [6.07, 6.45) is 7.07. The highest BCUT2D eigenvalue weighted by molar-refractivity contribution is 7.99. The van der Waals surface area contributed by atoms with Gasteiger partial charge in [0, 0.05) is 16.4 Å². The number of carbonyl (C=O) groups excluding carboxylic acids is 1. The third-order valence-electron chi connectivity index (χ3n) is 3.84. The number of Topliss-reactive ketones (excluding diaryl/α,β-unsaturated/α-hetero) is 1. The smallest absolute Gasteiger partial charge is 0.167 e. The van der Waals surface area contributed by atoms with Gasteiger partial charge in [-0.2, -0.15) is 0 Å². The van der Waals surface area contributed by atoms with Gasteiger partial charge in [-0.3, -0.25) is 4.79 Å². The summed E-state index contributed by atoms with van der Waals surface area (Å²) in [6, 6.07) is 6.34. The van der Waals surface area contributed by atoms with Gasteiger partial charge < -0.3 is 0 Å². The lowest BCUT2D eigenvalue weighted by molar-refractivity contribution is 0.0886. The molecule has 0 radical (unpaired) electrons. The van der Waals surface area contributed by atoms with Crippen LogP contribution in [0.25, 0.3) is 0 Å². The van der Waals surface area contributed by atoms with E-state index in [2.05, 4.69) is 32.0 Å². The first kappa shape index (κ1) is 14.6. The molecular weight excluding hydrogens is 252 g/mol. The molecule has 2 rings (SSSR count). The van der Waals surface area contributed by atoms with Crippen LogP contribution >= 0.6 is 11.8 Å². The number of aryl methyl sites for hydroxylation is 1. The normalized spacial score (nSPS) is 16.5. The highest BCUT2D eigenvalue weighted by Gasteiger charge is 2.24. The molecule has 0 aliphatic heterocycles. The maximum absolute atomic E-state index is 12.7. The van der Waals surface area contributed by atoms with Crippen LogP contribution in [-0.4, -0.2) is 11.5 Å². The van der Waals surface area contributed by atoms with Crippen LogP contribution in [0.5, 0.6) is 0 Å². The first-order valence-corrected chi connectivity index (χ1v) is 8.48. The Balaban J connectivity index is 2.20. The Morgan fingerprint density at radius 2 is 2.00 bits per heavy atom. The first-order valence-electron chi connectivity index (χ1n) is 7.50. The minimum absolute atomic E-state index is 0.275. The van der Waals surface area contributed by atoms with Gasteiger partial charge in [0.15, 0.2) is 5.78 Å². The van der Waals surface area contributed by atoms with Crippen LogP contribution in [0, 0.1) is 12.8 Å². The number of benzene rings is 1. The Bertz CT molecular complexity index is 433. The summed E-state index contributed by atoms with van der Waals surface area (Å²) in [5.41, 5.74) is 2.17. The van der Waals surface area contributed by atoms with E-state index < -0.39 is 0 Å². The molecule has 1 aromatic rings. The zero-order valence-corrected chi connectivity index (χ0v) is 12.9. The Hall–Kier alpha value is -0.760. The van der Waals surface area contributed by atoms with Crippen molar-refractivity contribution >= 4 is 17.5 Å². The Morgan fingerprint density at radius 1 is 1.26 bits per heavy atom. The van der Waals surface area contributed by atoms with Crippen molar-refractivity contribution in [2.75, 3.05) is 5.75 Å². The number of thioether (sulfide) groups is 1. The van der Waals surface area contributed by atoms with Crippen LogP contribution < -0.4 is 0 Å². The fraction of sp³-hybridized carbons (Fsp3) is 0.588. The second-order valence-corrected chi connectivity index (χ2v) is 6.68. The highest BCUT2D eigenvalue weighted by atomic mass is 32.2. The first-order chi connectivity index (χ1) is 9.22. The summed E-state index contributed by atoms with van der Waals surface area (Å²) in [6.45, 7) is 4.26. The van der Waals surface area contributed by atoms with E-state index in [1.54, 1.807) is 0 Å². The molecule has 0 spiro atoms. The zero-order valence-electron chi connectivity index (χ0n) is 12.1. The van der Waals surface area contributed by atoms with E-state index in [1.807, 2.05) is 11.8 Å². The lowest BCUT2D eigenvalue weighted by atomic mass is 9.83. The molecule has 1 aliphatic rings. The maximum atomic E-state index is 12.7. The number of hydrogen-bond acceptors (Lipinski definition) is 2. The number of rotatable bonds is 5. The van der Waals surface area contributed by atoms with Crippen LogP contribution in [0.4, 0.5) is 0 Å². The van der Waals surface area contributed by atoms with E-state index in [-0.39, 0.29) is 5.92 Å². The summed E-state index contributed by atoms with van der Waals surface area (Å²) in [5, 5.41) is 0. The van der Waals surface area contributed by atoms with Gasteiger partial charge in [-0.1, -0.05) is 37.8 Å². The van der Waals surface area contributed by atoms with E-state index >= 15 is 0 Å². The molecule has 0 unspecified atom stereocenters. The van der Waals surface area contributed by atoms with Crippen molar-refractivity contribution in [2.24, 2.45) is 5.92 Å². The van der Waals surface area contributed by atoms with Crippen LogP contribution in [-0.2, 0) is 0 Å². The molecule has 0 bridgehead atoms. The molecule has 0 saturated heterocycles. The monoisotopic (exact) mass is 276 g/mol. The fourth-order valence-electron chi connectivity index (χ4n) is 2.76. The summed E-state index contributed by atoms with van der Waals surface area (Å²) >= 11 is 1.83. The standard InChI is InChI=1S/C17H24OS/c1-3-11-19-16-10-9-13(2)12-15(16)17(18)14-7-5-4-6-8-14/h9-10,12,14H,3-8,11H2,1-2H3. The molecular formula is C17H24OS. The van der Waals surface area contributed by atoms with Crippen LogP contribution in [0.15, 0.2) is 23.1 Å². The van der Waals surface area contributed by atoms with Crippen LogP contribution in [0.1, 0.15) is 61.4 Å². The maximum Gasteiger partial charge on any atom is 0.167 e. The van der Waals surface area contributed by atoms with Crippen LogP contribution in [0.3, 0.4) is 0 Å². The molecule has 0 atom stereocenters. The van der Waals surface area contributed by atoms with Crippen molar-refractivity contribution in [3.63, 3.8) is 0 Å². The number of carbonyl (C=O) groups is 1. The molecule has 2 heteroatoms. The third-order valence-corrected chi connectivity index (χ3v) is 5.12. The van der Waals surface area contributed by atoms with Gasteiger partial charge in [0.2, 0.25) is 0 Å². The van der Waals surface area contributed by atoms with E-state index in [0.29, 0.717) is 5.78 Å². The van der Waals surface area contributed by atoms with E-state index in [0.717, 1.165) is 30.6 Å². The lowest BCUT2D eigenvalue weighted by Crippen LogP contribution is -2.18. The van der Waals surface area contributed by atoms with E-state index in [1.165, 1.54) is 29.7 Å². The summed E-state index contributed by atoms with van der Waals surface area (Å²) < 4.78 is 0. The average Bonchev–Trinajstić information content (AvgIpc) is 2.46. The number of hydrogen-bond donors (Lipinski definition) is 0. The highest BCUT2D eigenvalue weighted by Crippen LogP contribution is 2.31. The molecule has 1 saturated carbocycles. The van der Waals surface area contributed by atoms with Crippen LogP contribution in [0.2, 0.25) is 0 Å². The summed E-state index contributed by atoms with van der Waals surface area (Å²) in [4.78, 5) is 13.9. The predicted octanol–water partition coefficient (Wildman–Crippen LogP) is 5.26. The predicted molar refractivity (Wildman–Crippen MR) is 83.1 cm³/mol. The third kappa shape index (κ3) is 3.85. The average molecular weight is 276 g/mol. The van der Waals surface area contributed by atoms with E-state index in [4.69, 9.17) is 0 Å². The van der Waals surface area contributed by atoms with Gasteiger partial charge in [0.05, 0.1) is 0 Å². The summed E-state index contributed by atoms with van der Waals surface area (Å²) in [7, 11) is 0. The quantitative estimate of drug-likeness (QED) is 0.539. The van der Waals surface area contributed by atoms with Gasteiger partial charge in [0.1, 0.15) is 0 Å². The molecule has 0 N–H and O–H groups in total. The molecule has 0 amide bonds. The molecule has 1 aliphatic carbocycles. The van der Waals surface area contributed by atoms with Crippen molar-refractivity contribution in [2.45, 2.75) is 57.3 Å². The van der Waals surface area contributed by atoms with Gasteiger partial charge in [-0.05, 0) is 44.1 Å². The van der Waals surface area contributed by atoms with Crippen molar-refractivity contribution in [1.82, 2.24) is 0 Å². The SMILES string of the molecule is CCCSc1ccc(C)cc1C(=O)C1CCCCC1. The van der Waals surface area contributed by atoms with Gasteiger partial charge in [0.25, 0.3) is 0 Å². The fourth-order valence-corrected chi connectivity index (χ4v) is 3.66. The molecule has 19 heavy (non-hydrogen) atoms. The van der Waals surface area contributed by atoms with Crippen molar-refractivity contribution in [1.29, 1.82) is 0 Å². The minimum atomic E-state index is 0.275. The summed E-state index contributed by atoms with van der Waals surface area (Å²) in [5.74, 6) is 1.76. The van der Waals surface area contributed by atoms with Gasteiger partial charge in [-0.15, -0.1) is 11.8 Å². The van der Waals surface area contributed by atoms with Gasteiger partial charge in [-0.25, -0.2) is 0 Å². The van der Waals surface area contributed by atoms with Crippen molar-refractivity contribution in [3.8, 4) is 0 Å². The molecule has 104 valence electrons. The second kappa shape index (κ2) is 7.14. The number of ketones is 1. The molecule has 1 fully saturated rings. The zero-order chi connectivity index (χ0) is 13.7. The van der Waals surface area contributed by atoms with Crippen molar-refractivity contribution < 1.29 is 4.79 Å². The van der Waals surface area contributed by atoms with Gasteiger partial charge >= 0.3 is 0 Å². The largest absolute Gasteiger partial charge is 0.294 e. The minimum Gasteiger partial charge on any atom is -0.294 e. The molecule has 0 aromatic heterocycles. The van der Waals surface area contributed by atoms with Crippen molar-refractivity contribution in [3.05, 3.63) is 29.3 Å². The molecule has 1 aromatic carbocycles. The second-order valence-electron chi connectivity index (χ2n) is 5.55. The van der Waals surface area contributed by atoms with E-state index in [9.17, 15) is 4.79 Å². The lowest BCUT2D eigenvalue weighted by Gasteiger charge is -2.21. The Morgan fingerprint density at radius 3 is 2.68 bits per heavy atom. The topological polar surface area (TPSA) is 17.1 Å².